The number of carbonyl (C=O) groups is 1. The first-order chi connectivity index (χ1) is 9.08. The first kappa shape index (κ1) is 13.7. The Balaban J connectivity index is 2.11. The van der Waals surface area contributed by atoms with Gasteiger partial charge >= 0.3 is 0 Å². The highest BCUT2D eigenvalue weighted by Gasteiger charge is 2.20. The Labute approximate surface area is 114 Å². The number of hydrogen-bond acceptors (Lipinski definition) is 3. The average molecular weight is 262 g/mol. The molecule has 0 radical (unpaired) electrons. The molecule has 2 N–H and O–H groups in total. The van der Waals surface area contributed by atoms with E-state index in [1.807, 2.05) is 17.0 Å². The van der Waals surface area contributed by atoms with Crippen molar-refractivity contribution in [2.24, 2.45) is 5.92 Å². The van der Waals surface area contributed by atoms with E-state index < -0.39 is 0 Å². The second-order valence-electron chi connectivity index (χ2n) is 5.36. The predicted octanol–water partition coefficient (Wildman–Crippen LogP) is 2.43. The molecule has 1 aliphatic rings. The number of nitrogens with two attached hydrogens (primary N) is 1. The lowest BCUT2D eigenvalue weighted by Crippen LogP contribution is -2.29. The fraction of sp³-hybridized carbons (Fsp3) is 0.533. The summed E-state index contributed by atoms with van der Waals surface area (Å²) >= 11 is 0. The van der Waals surface area contributed by atoms with E-state index in [1.54, 1.807) is 13.2 Å². The van der Waals surface area contributed by atoms with Crippen molar-refractivity contribution >= 4 is 11.6 Å². The zero-order valence-corrected chi connectivity index (χ0v) is 11.7. The van der Waals surface area contributed by atoms with Crippen LogP contribution in [0.25, 0.3) is 0 Å². The van der Waals surface area contributed by atoms with Crippen LogP contribution in [0, 0.1) is 5.92 Å². The standard InChI is InChI=1S/C15H22N2O2/c1-11-3-4-15(18)17(6-5-11)10-12-7-13(16)9-14(8-12)19-2/h7-9,11H,3-6,10,16H2,1-2H3. The van der Waals surface area contributed by atoms with Crippen molar-refractivity contribution in [3.63, 3.8) is 0 Å². The maximum Gasteiger partial charge on any atom is 0.222 e. The van der Waals surface area contributed by atoms with Crippen LogP contribution in [-0.2, 0) is 11.3 Å². The molecule has 1 saturated heterocycles. The van der Waals surface area contributed by atoms with Crippen LogP contribution >= 0.6 is 0 Å². The van der Waals surface area contributed by atoms with Crippen LogP contribution in [0.4, 0.5) is 5.69 Å². The summed E-state index contributed by atoms with van der Waals surface area (Å²) in [6.07, 6.45) is 2.72. The van der Waals surface area contributed by atoms with Crippen molar-refractivity contribution in [3.8, 4) is 5.75 Å². The minimum atomic E-state index is 0.241. The lowest BCUT2D eigenvalue weighted by Gasteiger charge is -2.21. The van der Waals surface area contributed by atoms with Crippen LogP contribution < -0.4 is 10.5 Å². The molecule has 0 saturated carbocycles. The number of amides is 1. The van der Waals surface area contributed by atoms with Crippen LogP contribution in [-0.4, -0.2) is 24.5 Å². The van der Waals surface area contributed by atoms with Gasteiger partial charge < -0.3 is 15.4 Å². The Morgan fingerprint density at radius 2 is 2.16 bits per heavy atom. The molecule has 19 heavy (non-hydrogen) atoms. The third-order valence-corrected chi connectivity index (χ3v) is 3.69. The zero-order chi connectivity index (χ0) is 13.8. The van der Waals surface area contributed by atoms with E-state index >= 15 is 0 Å². The smallest absolute Gasteiger partial charge is 0.222 e. The number of nitrogens with zero attached hydrogens (tertiary/aromatic N) is 1. The predicted molar refractivity (Wildman–Crippen MR) is 75.8 cm³/mol. The molecular weight excluding hydrogens is 240 g/mol. The van der Waals surface area contributed by atoms with Crippen LogP contribution in [0.3, 0.4) is 0 Å². The van der Waals surface area contributed by atoms with Gasteiger partial charge in [-0.15, -0.1) is 0 Å². The monoisotopic (exact) mass is 262 g/mol. The van der Waals surface area contributed by atoms with Crippen LogP contribution in [0.5, 0.6) is 5.75 Å². The summed E-state index contributed by atoms with van der Waals surface area (Å²) in [6, 6.07) is 5.64. The van der Waals surface area contributed by atoms with E-state index in [0.717, 1.165) is 30.7 Å². The molecular formula is C15H22N2O2. The van der Waals surface area contributed by atoms with Crippen molar-refractivity contribution in [3.05, 3.63) is 23.8 Å². The number of likely N-dealkylation sites (tertiary alicyclic amines) is 1. The van der Waals surface area contributed by atoms with Gasteiger partial charge in [0.25, 0.3) is 0 Å². The van der Waals surface area contributed by atoms with E-state index in [1.165, 1.54) is 0 Å². The molecule has 2 rings (SSSR count). The lowest BCUT2D eigenvalue weighted by molar-refractivity contribution is -0.131. The summed E-state index contributed by atoms with van der Waals surface area (Å²) in [4.78, 5) is 14.0. The SMILES string of the molecule is COc1cc(N)cc(CN2CCC(C)CCC2=O)c1. The number of ether oxygens (including phenoxy) is 1. The first-order valence-corrected chi connectivity index (χ1v) is 6.79. The Hall–Kier alpha value is -1.71. The highest BCUT2D eigenvalue weighted by Crippen LogP contribution is 2.23. The van der Waals surface area contributed by atoms with Crippen molar-refractivity contribution in [1.29, 1.82) is 0 Å². The van der Waals surface area contributed by atoms with Gasteiger partial charge in [0.1, 0.15) is 5.75 Å². The minimum absolute atomic E-state index is 0.241. The maximum atomic E-state index is 12.1. The van der Waals surface area contributed by atoms with E-state index in [0.29, 0.717) is 24.6 Å². The Morgan fingerprint density at radius 3 is 2.89 bits per heavy atom. The molecule has 0 aliphatic carbocycles. The molecule has 0 spiro atoms. The quantitative estimate of drug-likeness (QED) is 0.851. The van der Waals surface area contributed by atoms with E-state index in [4.69, 9.17) is 10.5 Å². The van der Waals surface area contributed by atoms with Gasteiger partial charge in [-0.05, 0) is 36.5 Å². The van der Waals surface area contributed by atoms with Gasteiger partial charge in [0.2, 0.25) is 5.91 Å². The average Bonchev–Trinajstić information content (AvgIpc) is 2.53. The summed E-state index contributed by atoms with van der Waals surface area (Å²) in [7, 11) is 1.62. The third kappa shape index (κ3) is 3.63. The van der Waals surface area contributed by atoms with E-state index in [2.05, 4.69) is 6.92 Å². The molecule has 1 heterocycles. The van der Waals surface area contributed by atoms with Gasteiger partial charge in [-0.3, -0.25) is 4.79 Å². The number of hydrogen-bond donors (Lipinski definition) is 1. The molecule has 1 fully saturated rings. The summed E-state index contributed by atoms with van der Waals surface area (Å²) in [5.74, 6) is 1.61. The highest BCUT2D eigenvalue weighted by molar-refractivity contribution is 5.76. The summed E-state index contributed by atoms with van der Waals surface area (Å²) in [6.45, 7) is 3.66. The van der Waals surface area contributed by atoms with Gasteiger partial charge in [-0.25, -0.2) is 0 Å². The van der Waals surface area contributed by atoms with Crippen molar-refractivity contribution in [2.45, 2.75) is 32.7 Å². The number of methoxy groups -OCH3 is 1. The molecule has 1 aliphatic heterocycles. The number of benzene rings is 1. The largest absolute Gasteiger partial charge is 0.497 e. The lowest BCUT2D eigenvalue weighted by atomic mass is 10.0. The number of anilines is 1. The fourth-order valence-electron chi connectivity index (χ4n) is 2.46. The summed E-state index contributed by atoms with van der Waals surface area (Å²) < 4.78 is 5.21. The molecule has 1 atom stereocenters. The van der Waals surface area contributed by atoms with Crippen LogP contribution in [0.2, 0.25) is 0 Å². The maximum absolute atomic E-state index is 12.1. The Bertz CT molecular complexity index is 459. The van der Waals surface area contributed by atoms with Crippen LogP contribution in [0.1, 0.15) is 31.7 Å². The number of carbonyl (C=O) groups excluding carboxylic acids is 1. The minimum Gasteiger partial charge on any atom is -0.497 e. The van der Waals surface area contributed by atoms with Gasteiger partial charge in [-0.2, -0.15) is 0 Å². The second-order valence-corrected chi connectivity index (χ2v) is 5.36. The molecule has 104 valence electrons. The van der Waals surface area contributed by atoms with Gasteiger partial charge in [-0.1, -0.05) is 6.92 Å². The number of rotatable bonds is 3. The van der Waals surface area contributed by atoms with Crippen molar-refractivity contribution in [1.82, 2.24) is 4.90 Å². The third-order valence-electron chi connectivity index (χ3n) is 3.69. The molecule has 1 aromatic carbocycles. The molecule has 0 bridgehead atoms. The van der Waals surface area contributed by atoms with E-state index in [9.17, 15) is 4.79 Å². The Kier molecular flexibility index (Phi) is 4.30. The highest BCUT2D eigenvalue weighted by atomic mass is 16.5. The first-order valence-electron chi connectivity index (χ1n) is 6.79. The normalized spacial score (nSPS) is 20.2. The Morgan fingerprint density at radius 1 is 1.37 bits per heavy atom. The van der Waals surface area contributed by atoms with Crippen LogP contribution in [0.15, 0.2) is 18.2 Å². The van der Waals surface area contributed by atoms with Gasteiger partial charge in [0.15, 0.2) is 0 Å². The molecule has 1 aromatic rings. The van der Waals surface area contributed by atoms with Crippen molar-refractivity contribution < 1.29 is 9.53 Å². The fourth-order valence-corrected chi connectivity index (χ4v) is 2.46. The molecule has 4 heteroatoms. The topological polar surface area (TPSA) is 55.6 Å². The molecule has 4 nitrogen and oxygen atoms in total. The van der Waals surface area contributed by atoms with Gasteiger partial charge in [0, 0.05) is 31.3 Å². The van der Waals surface area contributed by atoms with Crippen molar-refractivity contribution in [2.75, 3.05) is 19.4 Å². The molecule has 1 amide bonds. The van der Waals surface area contributed by atoms with E-state index in [-0.39, 0.29) is 5.91 Å². The zero-order valence-electron chi connectivity index (χ0n) is 11.7. The molecule has 1 unspecified atom stereocenters. The summed E-state index contributed by atoms with van der Waals surface area (Å²) in [5, 5.41) is 0. The second kappa shape index (κ2) is 5.95. The number of nitrogen functional groups attached to an aromatic ring is 1. The van der Waals surface area contributed by atoms with Gasteiger partial charge in [0.05, 0.1) is 7.11 Å². The molecule has 0 aromatic heterocycles. The summed E-state index contributed by atoms with van der Waals surface area (Å²) in [5.41, 5.74) is 7.54.